The summed E-state index contributed by atoms with van der Waals surface area (Å²) in [6, 6.07) is 1.68. The maximum atomic E-state index is 11.9. The molecule has 5 nitrogen and oxygen atoms in total. The SMILES string of the molecule is CC1OCCC1CNC(=O)c1cc(N)cn1C. The van der Waals surface area contributed by atoms with E-state index in [1.807, 2.05) is 14.0 Å². The monoisotopic (exact) mass is 237 g/mol. The van der Waals surface area contributed by atoms with Crippen LogP contribution in [0.25, 0.3) is 0 Å². The van der Waals surface area contributed by atoms with Crippen LogP contribution in [0.5, 0.6) is 0 Å². The highest BCUT2D eigenvalue weighted by molar-refractivity contribution is 5.93. The maximum Gasteiger partial charge on any atom is 0.267 e. The molecule has 2 rings (SSSR count). The van der Waals surface area contributed by atoms with Crippen LogP contribution in [0.4, 0.5) is 5.69 Å². The van der Waals surface area contributed by atoms with Gasteiger partial charge in [0.1, 0.15) is 5.69 Å². The standard InChI is InChI=1S/C12H19N3O2/c1-8-9(3-4-17-8)6-14-12(16)11-5-10(13)7-15(11)2/h5,7-9H,3-4,6,13H2,1-2H3,(H,14,16). The number of hydrogen-bond donors (Lipinski definition) is 2. The zero-order chi connectivity index (χ0) is 12.4. The van der Waals surface area contributed by atoms with Gasteiger partial charge in [0.25, 0.3) is 5.91 Å². The molecule has 1 aromatic heterocycles. The lowest BCUT2D eigenvalue weighted by atomic mass is 10.0. The van der Waals surface area contributed by atoms with Gasteiger partial charge in [-0.15, -0.1) is 0 Å². The minimum atomic E-state index is -0.0803. The minimum absolute atomic E-state index is 0.0803. The molecule has 0 aliphatic carbocycles. The first-order valence-electron chi connectivity index (χ1n) is 5.89. The molecule has 0 bridgehead atoms. The number of rotatable bonds is 3. The number of anilines is 1. The number of carbonyl (C=O) groups is 1. The van der Waals surface area contributed by atoms with E-state index >= 15 is 0 Å². The molecule has 1 aliphatic rings. The zero-order valence-electron chi connectivity index (χ0n) is 10.3. The average molecular weight is 237 g/mol. The summed E-state index contributed by atoms with van der Waals surface area (Å²) in [6.45, 7) is 3.49. The van der Waals surface area contributed by atoms with E-state index in [2.05, 4.69) is 5.32 Å². The fourth-order valence-corrected chi connectivity index (χ4v) is 2.17. The molecule has 1 aliphatic heterocycles. The lowest BCUT2D eigenvalue weighted by Gasteiger charge is -2.14. The van der Waals surface area contributed by atoms with E-state index in [0.29, 0.717) is 23.8 Å². The first kappa shape index (κ1) is 12.0. The Morgan fingerprint density at radius 1 is 1.71 bits per heavy atom. The van der Waals surface area contributed by atoms with Crippen LogP contribution >= 0.6 is 0 Å². The molecule has 0 aromatic carbocycles. The molecule has 0 spiro atoms. The third kappa shape index (κ3) is 2.61. The van der Waals surface area contributed by atoms with Gasteiger partial charge in [-0.05, 0) is 19.4 Å². The number of hydrogen-bond acceptors (Lipinski definition) is 3. The molecule has 1 saturated heterocycles. The summed E-state index contributed by atoms with van der Waals surface area (Å²) in [5, 5.41) is 2.93. The van der Waals surface area contributed by atoms with Gasteiger partial charge in [-0.3, -0.25) is 4.79 Å². The van der Waals surface area contributed by atoms with Crippen molar-refractivity contribution in [2.75, 3.05) is 18.9 Å². The van der Waals surface area contributed by atoms with Gasteiger partial charge in [0.2, 0.25) is 0 Å². The Balaban J connectivity index is 1.91. The molecule has 0 radical (unpaired) electrons. The van der Waals surface area contributed by atoms with Crippen LogP contribution in [0.3, 0.4) is 0 Å². The highest BCUT2D eigenvalue weighted by Crippen LogP contribution is 2.19. The second kappa shape index (κ2) is 4.79. The molecule has 17 heavy (non-hydrogen) atoms. The average Bonchev–Trinajstić information content (AvgIpc) is 2.81. The van der Waals surface area contributed by atoms with Crippen molar-refractivity contribution in [3.8, 4) is 0 Å². The predicted molar refractivity (Wildman–Crippen MR) is 65.7 cm³/mol. The summed E-state index contributed by atoms with van der Waals surface area (Å²) in [5.74, 6) is 0.333. The number of nitrogens with zero attached hydrogens (tertiary/aromatic N) is 1. The van der Waals surface area contributed by atoms with Crippen LogP contribution < -0.4 is 11.1 Å². The highest BCUT2D eigenvalue weighted by atomic mass is 16.5. The van der Waals surface area contributed by atoms with Gasteiger partial charge >= 0.3 is 0 Å². The summed E-state index contributed by atoms with van der Waals surface area (Å²) in [7, 11) is 1.81. The molecule has 2 heterocycles. The Morgan fingerprint density at radius 2 is 2.47 bits per heavy atom. The molecule has 1 amide bonds. The Bertz CT molecular complexity index is 414. The summed E-state index contributed by atoms with van der Waals surface area (Å²) in [5.41, 5.74) is 6.84. The topological polar surface area (TPSA) is 69.3 Å². The molecule has 2 unspecified atom stereocenters. The van der Waals surface area contributed by atoms with Crippen molar-refractivity contribution in [1.82, 2.24) is 9.88 Å². The van der Waals surface area contributed by atoms with Crippen molar-refractivity contribution in [3.63, 3.8) is 0 Å². The van der Waals surface area contributed by atoms with Crippen LogP contribution in [-0.2, 0) is 11.8 Å². The van der Waals surface area contributed by atoms with Crippen LogP contribution in [0, 0.1) is 5.92 Å². The Hall–Kier alpha value is -1.49. The molecule has 5 heteroatoms. The lowest BCUT2D eigenvalue weighted by Crippen LogP contribution is -2.32. The summed E-state index contributed by atoms with van der Waals surface area (Å²) >= 11 is 0. The van der Waals surface area contributed by atoms with E-state index in [-0.39, 0.29) is 12.0 Å². The van der Waals surface area contributed by atoms with Crippen molar-refractivity contribution >= 4 is 11.6 Å². The van der Waals surface area contributed by atoms with Gasteiger partial charge in [-0.1, -0.05) is 0 Å². The summed E-state index contributed by atoms with van der Waals surface area (Å²) in [6.07, 6.45) is 2.97. The number of ether oxygens (including phenoxy) is 1. The number of nitrogens with two attached hydrogens (primary N) is 1. The van der Waals surface area contributed by atoms with E-state index in [0.717, 1.165) is 13.0 Å². The van der Waals surface area contributed by atoms with Gasteiger partial charge in [-0.25, -0.2) is 0 Å². The summed E-state index contributed by atoms with van der Waals surface area (Å²) < 4.78 is 7.19. The molecule has 2 atom stereocenters. The van der Waals surface area contributed by atoms with Gasteiger partial charge in [0.15, 0.2) is 0 Å². The van der Waals surface area contributed by atoms with E-state index in [1.165, 1.54) is 0 Å². The first-order valence-corrected chi connectivity index (χ1v) is 5.89. The van der Waals surface area contributed by atoms with E-state index in [4.69, 9.17) is 10.5 Å². The van der Waals surface area contributed by atoms with E-state index < -0.39 is 0 Å². The van der Waals surface area contributed by atoms with Crippen molar-refractivity contribution < 1.29 is 9.53 Å². The van der Waals surface area contributed by atoms with Gasteiger partial charge in [0, 0.05) is 32.3 Å². The van der Waals surface area contributed by atoms with Crippen molar-refractivity contribution in [1.29, 1.82) is 0 Å². The number of aromatic nitrogens is 1. The Kier molecular flexibility index (Phi) is 3.38. The fraction of sp³-hybridized carbons (Fsp3) is 0.583. The van der Waals surface area contributed by atoms with Crippen molar-refractivity contribution in [2.24, 2.45) is 13.0 Å². The van der Waals surface area contributed by atoms with Gasteiger partial charge in [-0.2, -0.15) is 0 Å². The third-order valence-corrected chi connectivity index (χ3v) is 3.32. The largest absolute Gasteiger partial charge is 0.397 e. The number of nitrogens with one attached hydrogen (secondary N) is 1. The normalized spacial score (nSPS) is 23.9. The summed E-state index contributed by atoms with van der Waals surface area (Å²) in [4.78, 5) is 11.9. The maximum absolute atomic E-state index is 11.9. The van der Waals surface area contributed by atoms with Crippen LogP contribution in [0.2, 0.25) is 0 Å². The third-order valence-electron chi connectivity index (χ3n) is 3.32. The van der Waals surface area contributed by atoms with E-state index in [9.17, 15) is 4.79 Å². The van der Waals surface area contributed by atoms with Gasteiger partial charge in [0.05, 0.1) is 11.8 Å². The molecule has 0 saturated carbocycles. The fourth-order valence-electron chi connectivity index (χ4n) is 2.17. The second-order valence-electron chi connectivity index (χ2n) is 4.60. The zero-order valence-corrected chi connectivity index (χ0v) is 10.3. The molecule has 1 aromatic rings. The number of carbonyl (C=O) groups excluding carboxylic acids is 1. The quantitative estimate of drug-likeness (QED) is 0.815. The lowest BCUT2D eigenvalue weighted by molar-refractivity contribution is 0.0900. The van der Waals surface area contributed by atoms with Crippen LogP contribution in [-0.4, -0.2) is 29.7 Å². The predicted octanol–water partition coefficient (Wildman–Crippen LogP) is 0.762. The molecular weight excluding hydrogens is 218 g/mol. The smallest absolute Gasteiger partial charge is 0.267 e. The number of aryl methyl sites for hydroxylation is 1. The second-order valence-corrected chi connectivity index (χ2v) is 4.60. The minimum Gasteiger partial charge on any atom is -0.397 e. The van der Waals surface area contributed by atoms with Gasteiger partial charge < -0.3 is 20.4 Å². The van der Waals surface area contributed by atoms with Crippen molar-refractivity contribution in [3.05, 3.63) is 18.0 Å². The van der Waals surface area contributed by atoms with Crippen LogP contribution in [0.1, 0.15) is 23.8 Å². The Labute approximate surface area is 101 Å². The van der Waals surface area contributed by atoms with E-state index in [1.54, 1.807) is 16.8 Å². The van der Waals surface area contributed by atoms with Crippen molar-refractivity contribution in [2.45, 2.75) is 19.4 Å². The molecule has 94 valence electrons. The number of nitrogen functional groups attached to an aromatic ring is 1. The molecule has 3 N–H and O–H groups in total. The Morgan fingerprint density at radius 3 is 3.00 bits per heavy atom. The molecular formula is C12H19N3O2. The first-order chi connectivity index (χ1) is 8.08. The number of amides is 1. The molecule has 1 fully saturated rings. The van der Waals surface area contributed by atoms with Crippen LogP contribution in [0.15, 0.2) is 12.3 Å². The highest BCUT2D eigenvalue weighted by Gasteiger charge is 2.24.